The summed E-state index contributed by atoms with van der Waals surface area (Å²) in [5.41, 5.74) is -0.0884. The highest BCUT2D eigenvalue weighted by Crippen LogP contribution is 2.34. The number of carbonyl (C=O) groups is 2. The van der Waals surface area contributed by atoms with Gasteiger partial charge >= 0.3 is 6.18 Å². The Morgan fingerprint density at radius 3 is 2.34 bits per heavy atom. The normalized spacial score (nSPS) is 11.5. The third-order valence-corrected chi connectivity index (χ3v) is 7.89. The summed E-state index contributed by atoms with van der Waals surface area (Å²) in [7, 11) is -2.88. The fourth-order valence-corrected chi connectivity index (χ4v) is 5.43. The lowest BCUT2D eigenvalue weighted by molar-refractivity contribution is -0.137. The summed E-state index contributed by atoms with van der Waals surface area (Å²) in [6.07, 6.45) is -4.58. The molecule has 0 bridgehead atoms. The number of carbonyl (C=O) groups excluding carboxylic acids is 2. The zero-order valence-corrected chi connectivity index (χ0v) is 23.1. The smallest absolute Gasteiger partial charge is 0.385 e. The summed E-state index contributed by atoms with van der Waals surface area (Å²) >= 11 is 1.11. The first-order chi connectivity index (χ1) is 19.5. The molecule has 2 amide bonds. The second-order valence-electron chi connectivity index (χ2n) is 8.60. The number of benzene rings is 3. The maximum absolute atomic E-state index is 13.5. The number of thiazole rings is 1. The van der Waals surface area contributed by atoms with Crippen LogP contribution in [0.15, 0.2) is 83.1 Å². The molecule has 0 spiro atoms. The molecule has 3 aromatic carbocycles. The molecule has 41 heavy (non-hydrogen) atoms. The van der Waals surface area contributed by atoms with Gasteiger partial charge in [-0.25, -0.2) is 13.4 Å². The van der Waals surface area contributed by atoms with E-state index in [9.17, 15) is 31.2 Å². The Hall–Kier alpha value is -4.43. The summed E-state index contributed by atoms with van der Waals surface area (Å²) < 4.78 is 68.7. The molecule has 0 aliphatic carbocycles. The lowest BCUT2D eigenvalue weighted by Gasteiger charge is -2.15. The molecule has 0 atom stereocenters. The van der Waals surface area contributed by atoms with Crippen molar-refractivity contribution in [3.8, 4) is 11.3 Å². The fraction of sp³-hybridized carbons (Fsp3) is 0.148. The molecule has 214 valence electrons. The Morgan fingerprint density at radius 2 is 1.68 bits per heavy atom. The van der Waals surface area contributed by atoms with E-state index in [1.807, 2.05) is 30.3 Å². The van der Waals surface area contributed by atoms with Gasteiger partial charge in [-0.1, -0.05) is 30.3 Å². The molecule has 0 saturated carbocycles. The van der Waals surface area contributed by atoms with Crippen LogP contribution in [-0.4, -0.2) is 38.8 Å². The molecule has 4 N–H and O–H groups in total. The highest BCUT2D eigenvalue weighted by atomic mass is 32.2. The minimum atomic E-state index is -4.78. The number of amides is 2. The molecule has 4 aromatic rings. The Morgan fingerprint density at radius 1 is 0.976 bits per heavy atom. The van der Waals surface area contributed by atoms with Crippen LogP contribution >= 0.6 is 11.3 Å². The predicted molar refractivity (Wildman–Crippen MR) is 151 cm³/mol. The predicted octanol–water partition coefficient (Wildman–Crippen LogP) is 5.43. The van der Waals surface area contributed by atoms with E-state index >= 15 is 0 Å². The third-order valence-electron chi connectivity index (χ3n) is 5.75. The summed E-state index contributed by atoms with van der Waals surface area (Å²) in [5, 5.41) is 9.86. The van der Waals surface area contributed by atoms with E-state index < -0.39 is 33.4 Å². The number of nitrogens with one attached hydrogen (secondary N) is 4. The standard InChI is InChI=1S/C27H24F3N5O4S2/c1-31-24(36)13-14-32-19-8-10-20(11-9-19)41(38,39)35-22-15-18(27(28,29)30)7-12-21(22)25(37)34-26-33-23(16-40-26)17-5-3-2-4-6-17/h2-12,15-16,32,35H,13-14H2,1H3,(H,31,36)(H,33,34,37). The molecular formula is C27H24F3N5O4S2. The van der Waals surface area contributed by atoms with Crippen molar-refractivity contribution in [2.24, 2.45) is 0 Å². The lowest BCUT2D eigenvalue weighted by Crippen LogP contribution is -2.21. The van der Waals surface area contributed by atoms with Gasteiger partial charge in [-0.15, -0.1) is 11.3 Å². The van der Waals surface area contributed by atoms with Crippen LogP contribution in [0.2, 0.25) is 0 Å². The van der Waals surface area contributed by atoms with Crippen LogP contribution in [0.3, 0.4) is 0 Å². The highest BCUT2D eigenvalue weighted by molar-refractivity contribution is 7.92. The van der Waals surface area contributed by atoms with E-state index in [4.69, 9.17) is 0 Å². The molecule has 0 radical (unpaired) electrons. The van der Waals surface area contributed by atoms with Gasteiger partial charge < -0.3 is 10.6 Å². The first-order valence-electron chi connectivity index (χ1n) is 12.1. The summed E-state index contributed by atoms with van der Waals surface area (Å²) in [5.74, 6) is -1.02. The maximum Gasteiger partial charge on any atom is 0.416 e. The van der Waals surface area contributed by atoms with E-state index in [-0.39, 0.29) is 27.9 Å². The Bertz CT molecular complexity index is 1640. The number of sulfonamides is 1. The van der Waals surface area contributed by atoms with Crippen LogP contribution in [0, 0.1) is 0 Å². The van der Waals surface area contributed by atoms with Gasteiger partial charge in [0, 0.05) is 36.6 Å². The number of alkyl halides is 3. The van der Waals surface area contributed by atoms with Crippen LogP contribution in [0.25, 0.3) is 11.3 Å². The third kappa shape index (κ3) is 7.61. The number of rotatable bonds is 10. The SMILES string of the molecule is CNC(=O)CCNc1ccc(S(=O)(=O)Nc2cc(C(F)(F)F)ccc2C(=O)Nc2nc(-c3ccccc3)cs2)cc1. The molecule has 1 aromatic heterocycles. The zero-order valence-electron chi connectivity index (χ0n) is 21.5. The Kier molecular flexibility index (Phi) is 8.93. The van der Waals surface area contributed by atoms with Crippen molar-refractivity contribution in [3.63, 3.8) is 0 Å². The molecule has 4 rings (SSSR count). The van der Waals surface area contributed by atoms with Gasteiger partial charge in [0.1, 0.15) is 0 Å². The topological polar surface area (TPSA) is 129 Å². The molecule has 0 fully saturated rings. The van der Waals surface area contributed by atoms with Crippen molar-refractivity contribution < 1.29 is 31.2 Å². The highest BCUT2D eigenvalue weighted by Gasteiger charge is 2.32. The average Bonchev–Trinajstić information content (AvgIpc) is 3.41. The van der Waals surface area contributed by atoms with Gasteiger partial charge in [0.05, 0.1) is 27.4 Å². The molecule has 9 nitrogen and oxygen atoms in total. The second-order valence-corrected chi connectivity index (χ2v) is 11.1. The van der Waals surface area contributed by atoms with Gasteiger partial charge in [-0.3, -0.25) is 19.6 Å². The van der Waals surface area contributed by atoms with Crippen molar-refractivity contribution in [1.82, 2.24) is 10.3 Å². The maximum atomic E-state index is 13.5. The van der Waals surface area contributed by atoms with E-state index in [0.29, 0.717) is 30.1 Å². The van der Waals surface area contributed by atoms with Gasteiger partial charge in [-0.2, -0.15) is 13.2 Å². The second kappa shape index (κ2) is 12.4. The number of halogens is 3. The van der Waals surface area contributed by atoms with Crippen molar-refractivity contribution in [1.29, 1.82) is 0 Å². The summed E-state index contributed by atoms with van der Waals surface area (Å²) in [6.45, 7) is 0.304. The van der Waals surface area contributed by atoms with Crippen LogP contribution in [0.5, 0.6) is 0 Å². The molecule has 0 aliphatic heterocycles. The largest absolute Gasteiger partial charge is 0.416 e. The van der Waals surface area contributed by atoms with Crippen molar-refractivity contribution in [2.75, 3.05) is 28.9 Å². The van der Waals surface area contributed by atoms with Gasteiger partial charge in [0.15, 0.2) is 5.13 Å². The van der Waals surface area contributed by atoms with Gasteiger partial charge in [0.25, 0.3) is 15.9 Å². The number of hydrogen-bond acceptors (Lipinski definition) is 7. The minimum Gasteiger partial charge on any atom is -0.385 e. The first-order valence-corrected chi connectivity index (χ1v) is 14.4. The first kappa shape index (κ1) is 29.6. The Balaban J connectivity index is 1.56. The monoisotopic (exact) mass is 603 g/mol. The fourth-order valence-electron chi connectivity index (χ4n) is 3.64. The molecule has 1 heterocycles. The van der Waals surface area contributed by atoms with E-state index in [1.54, 1.807) is 5.38 Å². The number of aromatic nitrogens is 1. The quantitative estimate of drug-likeness (QED) is 0.191. The lowest BCUT2D eigenvalue weighted by atomic mass is 10.1. The summed E-state index contributed by atoms with van der Waals surface area (Å²) in [6, 6.07) is 16.7. The number of anilines is 3. The Labute approximate surface area is 237 Å². The van der Waals surface area contributed by atoms with E-state index in [2.05, 4.69) is 25.7 Å². The van der Waals surface area contributed by atoms with Crippen molar-refractivity contribution in [2.45, 2.75) is 17.5 Å². The average molecular weight is 604 g/mol. The van der Waals surface area contributed by atoms with Gasteiger partial charge in [-0.05, 0) is 42.5 Å². The van der Waals surface area contributed by atoms with Gasteiger partial charge in [0.2, 0.25) is 5.91 Å². The van der Waals surface area contributed by atoms with E-state index in [0.717, 1.165) is 23.0 Å². The van der Waals surface area contributed by atoms with Crippen LogP contribution in [-0.2, 0) is 21.0 Å². The zero-order chi connectivity index (χ0) is 29.6. The molecule has 14 heteroatoms. The van der Waals surface area contributed by atoms with Crippen molar-refractivity contribution >= 4 is 49.7 Å². The van der Waals surface area contributed by atoms with Crippen LogP contribution in [0.4, 0.5) is 29.7 Å². The molecule has 0 unspecified atom stereocenters. The molecule has 0 saturated heterocycles. The molecular weight excluding hydrogens is 579 g/mol. The summed E-state index contributed by atoms with van der Waals surface area (Å²) in [4.78, 5) is 28.5. The number of hydrogen-bond donors (Lipinski definition) is 4. The van der Waals surface area contributed by atoms with Crippen LogP contribution in [0.1, 0.15) is 22.3 Å². The van der Waals surface area contributed by atoms with Crippen LogP contribution < -0.4 is 20.7 Å². The van der Waals surface area contributed by atoms with Crippen molar-refractivity contribution in [3.05, 3.63) is 89.3 Å². The molecule has 0 aliphatic rings. The minimum absolute atomic E-state index is 0.173. The van der Waals surface area contributed by atoms with E-state index in [1.165, 1.54) is 31.3 Å². The number of nitrogens with zero attached hydrogens (tertiary/aromatic N) is 1.